The number of alkyl halides is 3. The molecule has 2 atom stereocenters. The quantitative estimate of drug-likeness (QED) is 0.495. The van der Waals surface area contributed by atoms with Gasteiger partial charge in [-0.25, -0.2) is 0 Å². The van der Waals surface area contributed by atoms with Crippen molar-refractivity contribution in [2.45, 2.75) is 32.0 Å². The van der Waals surface area contributed by atoms with Crippen molar-refractivity contribution < 1.29 is 22.9 Å². The summed E-state index contributed by atoms with van der Waals surface area (Å²) in [6, 6.07) is 2.34. The Labute approximate surface area is 160 Å². The minimum Gasteiger partial charge on any atom is -0.379 e. The first-order valence-electron chi connectivity index (χ1n) is 8.28. The molecular formula is C16H22ClF3N4O3. The zero-order valence-electron chi connectivity index (χ0n) is 14.6. The Morgan fingerprint density at radius 2 is 2.11 bits per heavy atom. The average Bonchev–Trinajstić information content (AvgIpc) is 2.56. The lowest BCUT2D eigenvalue weighted by Crippen LogP contribution is -2.48. The second-order valence-corrected chi connectivity index (χ2v) is 6.31. The molecule has 1 aliphatic rings. The summed E-state index contributed by atoms with van der Waals surface area (Å²) in [6.07, 6.45) is -3.77. The Bertz CT molecular complexity index is 673. The average molecular weight is 411 g/mol. The van der Waals surface area contributed by atoms with Crippen molar-refractivity contribution in [3.8, 4) is 0 Å². The van der Waals surface area contributed by atoms with Gasteiger partial charge in [0.05, 0.1) is 10.5 Å². The molecule has 2 rings (SSSR count). The van der Waals surface area contributed by atoms with E-state index >= 15 is 0 Å². The molecule has 1 aromatic carbocycles. The van der Waals surface area contributed by atoms with Gasteiger partial charge in [0.1, 0.15) is 5.69 Å². The third kappa shape index (κ3) is 6.55. The third-order valence-corrected chi connectivity index (χ3v) is 4.32. The molecule has 0 saturated carbocycles. The van der Waals surface area contributed by atoms with Gasteiger partial charge in [-0.15, -0.1) is 12.4 Å². The molecule has 152 valence electrons. The number of halogens is 4. The van der Waals surface area contributed by atoms with E-state index in [1.807, 2.05) is 6.92 Å². The molecule has 0 aromatic heterocycles. The molecular weight excluding hydrogens is 389 g/mol. The summed E-state index contributed by atoms with van der Waals surface area (Å²) in [7, 11) is 0. The highest BCUT2D eigenvalue weighted by Crippen LogP contribution is 2.34. The number of rotatable bonds is 6. The van der Waals surface area contributed by atoms with E-state index < -0.39 is 22.4 Å². The molecule has 1 aliphatic heterocycles. The van der Waals surface area contributed by atoms with Crippen LogP contribution in [0.2, 0.25) is 0 Å². The maximum Gasteiger partial charge on any atom is 0.416 e. The molecule has 0 aliphatic carbocycles. The molecule has 0 radical (unpaired) electrons. The Balaban J connectivity index is 0.00000364. The Hall–Kier alpha value is -2.07. The zero-order valence-corrected chi connectivity index (χ0v) is 15.5. The number of hydrogen-bond donors (Lipinski definition) is 3. The van der Waals surface area contributed by atoms with Crippen molar-refractivity contribution in [3.05, 3.63) is 33.9 Å². The number of nitro groups is 1. The van der Waals surface area contributed by atoms with Gasteiger partial charge < -0.3 is 16.0 Å². The molecule has 27 heavy (non-hydrogen) atoms. The zero-order chi connectivity index (χ0) is 19.3. The van der Waals surface area contributed by atoms with Crippen LogP contribution in [0.5, 0.6) is 0 Å². The van der Waals surface area contributed by atoms with Crippen molar-refractivity contribution >= 4 is 29.7 Å². The second-order valence-electron chi connectivity index (χ2n) is 6.31. The number of benzene rings is 1. The molecule has 3 N–H and O–H groups in total. The minimum absolute atomic E-state index is 0. The van der Waals surface area contributed by atoms with E-state index in [0.29, 0.717) is 12.0 Å². The van der Waals surface area contributed by atoms with E-state index in [1.54, 1.807) is 0 Å². The lowest BCUT2D eigenvalue weighted by Gasteiger charge is -2.30. The highest BCUT2D eigenvalue weighted by molar-refractivity contribution is 5.85. The normalized spacial score (nSPS) is 19.7. The lowest BCUT2D eigenvalue weighted by atomic mass is 9.95. The number of carbonyl (C=O) groups excluding carboxylic acids is 1. The van der Waals surface area contributed by atoms with Crippen LogP contribution in [0.4, 0.5) is 24.5 Å². The number of nitrogens with one attached hydrogen (secondary N) is 3. The molecule has 1 amide bonds. The fourth-order valence-electron chi connectivity index (χ4n) is 2.83. The summed E-state index contributed by atoms with van der Waals surface area (Å²) in [5.74, 6) is 0.0995. The largest absolute Gasteiger partial charge is 0.416 e. The second kappa shape index (κ2) is 9.75. The minimum atomic E-state index is -4.66. The van der Waals surface area contributed by atoms with E-state index in [0.717, 1.165) is 31.6 Å². The highest BCUT2D eigenvalue weighted by Gasteiger charge is 2.33. The maximum atomic E-state index is 12.7. The van der Waals surface area contributed by atoms with Crippen LogP contribution in [-0.2, 0) is 11.0 Å². The van der Waals surface area contributed by atoms with Crippen molar-refractivity contribution in [1.82, 2.24) is 10.6 Å². The Morgan fingerprint density at radius 1 is 1.41 bits per heavy atom. The number of amides is 1. The summed E-state index contributed by atoms with van der Waals surface area (Å²) in [4.78, 5) is 22.1. The number of carbonyl (C=O) groups is 1. The number of piperidine rings is 1. The van der Waals surface area contributed by atoms with Gasteiger partial charge in [-0.3, -0.25) is 14.9 Å². The standard InChI is InChI=1S/C16H21F3N4O3.ClH/c1-10-9-20-6-4-12(10)22-15(24)5-7-21-13-3-2-11(16(17,18)19)8-14(13)23(25)26;/h2-3,8,10,12,20-21H,4-7,9H2,1H3,(H,22,24);1H. The molecule has 0 spiro atoms. The van der Waals surface area contributed by atoms with Crippen LogP contribution in [0.25, 0.3) is 0 Å². The molecule has 11 heteroatoms. The molecule has 1 fully saturated rings. The van der Waals surface area contributed by atoms with Gasteiger partial charge in [-0.1, -0.05) is 6.92 Å². The van der Waals surface area contributed by atoms with Crippen LogP contribution >= 0.6 is 12.4 Å². The summed E-state index contributed by atoms with van der Waals surface area (Å²) in [5.41, 5.74) is -1.81. The Morgan fingerprint density at radius 3 is 2.70 bits per heavy atom. The fourth-order valence-corrected chi connectivity index (χ4v) is 2.83. The van der Waals surface area contributed by atoms with Crippen LogP contribution in [0.15, 0.2) is 18.2 Å². The van der Waals surface area contributed by atoms with Crippen LogP contribution in [0, 0.1) is 16.0 Å². The molecule has 1 aromatic rings. The highest BCUT2D eigenvalue weighted by atomic mass is 35.5. The third-order valence-electron chi connectivity index (χ3n) is 4.32. The SMILES string of the molecule is CC1CNCCC1NC(=O)CCNc1ccc(C(F)(F)F)cc1[N+](=O)[O-].Cl. The first kappa shape index (κ1) is 23.0. The number of nitrogens with zero attached hydrogens (tertiary/aromatic N) is 1. The summed E-state index contributed by atoms with van der Waals surface area (Å²) in [6.45, 7) is 3.75. The topological polar surface area (TPSA) is 96.3 Å². The first-order chi connectivity index (χ1) is 12.2. The summed E-state index contributed by atoms with van der Waals surface area (Å²) in [5, 5.41) is 19.8. The molecule has 2 unspecified atom stereocenters. The van der Waals surface area contributed by atoms with Crippen LogP contribution < -0.4 is 16.0 Å². The van der Waals surface area contributed by atoms with Crippen molar-refractivity contribution in [2.75, 3.05) is 25.0 Å². The van der Waals surface area contributed by atoms with Gasteiger partial charge in [0.2, 0.25) is 5.91 Å². The fraction of sp³-hybridized carbons (Fsp3) is 0.562. The van der Waals surface area contributed by atoms with Crippen LogP contribution in [-0.4, -0.2) is 36.5 Å². The monoisotopic (exact) mass is 410 g/mol. The number of anilines is 1. The van der Waals surface area contributed by atoms with Gasteiger partial charge in [-0.05, 0) is 37.6 Å². The predicted molar refractivity (Wildman–Crippen MR) is 97.0 cm³/mol. The number of nitro benzene ring substituents is 1. The van der Waals surface area contributed by atoms with Gasteiger partial charge >= 0.3 is 6.18 Å². The smallest absolute Gasteiger partial charge is 0.379 e. The van der Waals surface area contributed by atoms with Crippen LogP contribution in [0.3, 0.4) is 0 Å². The summed E-state index contributed by atoms with van der Waals surface area (Å²) < 4.78 is 38.0. The maximum absolute atomic E-state index is 12.7. The van der Waals surface area contributed by atoms with E-state index in [1.165, 1.54) is 0 Å². The van der Waals surface area contributed by atoms with Gasteiger partial charge in [0.25, 0.3) is 5.69 Å². The molecule has 0 bridgehead atoms. The molecule has 1 heterocycles. The van der Waals surface area contributed by atoms with Crippen molar-refractivity contribution in [3.63, 3.8) is 0 Å². The molecule has 7 nitrogen and oxygen atoms in total. The van der Waals surface area contributed by atoms with Crippen molar-refractivity contribution in [2.24, 2.45) is 5.92 Å². The van der Waals surface area contributed by atoms with E-state index in [9.17, 15) is 28.1 Å². The van der Waals surface area contributed by atoms with E-state index in [4.69, 9.17) is 0 Å². The predicted octanol–water partition coefficient (Wildman–Crippen LogP) is 2.95. The molecule has 1 saturated heterocycles. The lowest BCUT2D eigenvalue weighted by molar-refractivity contribution is -0.384. The van der Waals surface area contributed by atoms with Gasteiger partial charge in [0, 0.05) is 25.1 Å². The number of hydrogen-bond acceptors (Lipinski definition) is 5. The van der Waals surface area contributed by atoms with Gasteiger partial charge in [0.15, 0.2) is 0 Å². The summed E-state index contributed by atoms with van der Waals surface area (Å²) >= 11 is 0. The van der Waals surface area contributed by atoms with Crippen molar-refractivity contribution in [1.29, 1.82) is 0 Å². The first-order valence-corrected chi connectivity index (χ1v) is 8.28. The van der Waals surface area contributed by atoms with E-state index in [-0.39, 0.29) is 43.0 Å². The Kier molecular flexibility index (Phi) is 8.29. The van der Waals surface area contributed by atoms with Gasteiger partial charge in [-0.2, -0.15) is 13.2 Å². The van der Waals surface area contributed by atoms with Crippen LogP contribution in [0.1, 0.15) is 25.3 Å². The van der Waals surface area contributed by atoms with E-state index in [2.05, 4.69) is 16.0 Å².